The van der Waals surface area contributed by atoms with Gasteiger partial charge in [0.05, 0.1) is 0 Å². The molecule has 382 valence electrons. The number of fused-ring (bicyclic) bond motifs is 6. The second-order valence-corrected chi connectivity index (χ2v) is 21.7. The maximum atomic E-state index is 7.50. The van der Waals surface area contributed by atoms with Crippen LogP contribution in [-0.2, 0) is 40.2 Å². The van der Waals surface area contributed by atoms with Gasteiger partial charge in [0, 0.05) is 6.20 Å². The zero-order chi connectivity index (χ0) is 54.6. The summed E-state index contributed by atoms with van der Waals surface area (Å²) in [6.07, 6.45) is 1.92. The fourth-order valence-corrected chi connectivity index (χ4v) is 10.8. The fourth-order valence-electron chi connectivity index (χ4n) is 10.8. The van der Waals surface area contributed by atoms with Crippen molar-refractivity contribution in [2.75, 3.05) is 0 Å². The summed E-state index contributed by atoms with van der Waals surface area (Å²) in [4.78, 5) is 4.89. The van der Waals surface area contributed by atoms with Crippen molar-refractivity contribution < 1.29 is 29.4 Å². The average Bonchev–Trinajstić information content (AvgIpc) is 3.68. The van der Waals surface area contributed by atoms with Crippen molar-refractivity contribution in [3.05, 3.63) is 273 Å². The van der Waals surface area contributed by atoms with Crippen LogP contribution in [0.25, 0.3) is 121 Å². The minimum Gasteiger partial charge on any atom is 3.00 e. The molecule has 0 amide bonds. The van der Waals surface area contributed by atoms with Crippen LogP contribution in [0.5, 0.6) is 0 Å². The van der Waals surface area contributed by atoms with Crippen molar-refractivity contribution in [1.29, 1.82) is 0 Å². The van der Waals surface area contributed by atoms with Gasteiger partial charge in [-0.3, -0.25) is 0 Å². The van der Waals surface area contributed by atoms with Crippen LogP contribution in [0.15, 0.2) is 231 Å². The first kappa shape index (κ1) is 55.2. The van der Waals surface area contributed by atoms with Gasteiger partial charge in [-0.1, -0.05) is 214 Å². The van der Waals surface area contributed by atoms with E-state index in [2.05, 4.69) is 297 Å². The molecular weight excluding hydrogens is 1140 g/mol. The molecule has 1 aromatic heterocycles. The van der Waals surface area contributed by atoms with E-state index in [1.165, 1.54) is 65.7 Å². The van der Waals surface area contributed by atoms with Crippen molar-refractivity contribution >= 4 is 32.3 Å². The van der Waals surface area contributed by atoms with E-state index in [0.717, 1.165) is 66.9 Å². The Morgan fingerprint density at radius 1 is 0.329 bits per heavy atom. The minimum atomic E-state index is -0.00974. The van der Waals surface area contributed by atoms with Gasteiger partial charge >= 0.3 is 42.7 Å². The number of hydrogen-bond acceptors (Lipinski definition) is 1. The Kier molecular flexibility index (Phi) is 16.5. The molecule has 12 rings (SSSR count). The molecule has 0 fully saturated rings. The van der Waals surface area contributed by atoms with Crippen LogP contribution in [0, 0.1) is 31.5 Å². The van der Waals surface area contributed by atoms with Crippen molar-refractivity contribution in [2.45, 2.75) is 52.4 Å². The molecule has 1 heterocycles. The van der Waals surface area contributed by atoms with Crippen LogP contribution < -0.4 is 0 Å². The van der Waals surface area contributed by atoms with Gasteiger partial charge in [0.1, 0.15) is 0 Å². The fraction of sp³-hybridized carbons (Fsp3) is 0.107. The van der Waals surface area contributed by atoms with Gasteiger partial charge in [-0.15, -0.1) is 41.0 Å². The molecule has 0 spiro atoms. The van der Waals surface area contributed by atoms with Crippen LogP contribution in [0.4, 0.5) is 0 Å². The Bertz CT molecular complexity index is 4050. The molecule has 0 radical (unpaired) electrons. The Hall–Kier alpha value is -8.52. The Labute approximate surface area is 478 Å². The summed E-state index contributed by atoms with van der Waals surface area (Å²) in [7, 11) is 0. The molecule has 4 heteroatoms. The van der Waals surface area contributed by atoms with Gasteiger partial charge < -0.3 is 4.98 Å². The third kappa shape index (κ3) is 11.3. The molecular formula is C75H56IrNO2. The van der Waals surface area contributed by atoms with E-state index < -0.39 is 0 Å². The summed E-state index contributed by atoms with van der Waals surface area (Å²) < 4.78 is 15.0. The molecule has 3 nitrogen and oxygen atoms in total. The molecule has 12 aromatic rings. The minimum absolute atomic E-state index is 0. The molecule has 0 aliphatic heterocycles. The normalized spacial score (nSPS) is 11.2. The molecule has 11 aromatic carbocycles. The van der Waals surface area contributed by atoms with Crippen LogP contribution in [0.1, 0.15) is 52.7 Å². The monoisotopic (exact) mass is 1200 g/mol. The Balaban J connectivity index is 0.00000148. The van der Waals surface area contributed by atoms with E-state index in [1.54, 1.807) is 0 Å². The standard InChI is InChI=1S/C73H56N.2CO.Ir/c1-72(2,3)57-21-17-19-52(44-57)60-24-8-11-27-63(60)55-41-54(42-56(43-55)64-28-12-9-25-61(64)53-20-18-22-58(45-53)73(4,5)6)62-26-10-7-23-59(62)48-33-35-49(36-34-48)71-47-51(39-40-74-71)50-37-38-69-67-31-14-13-29-65(67)66-30-15-16-32-68(66)70(69)46-50;2*1-2;/h7-16,19-35,37-47H,1-6H3;;;/q-3;;;+3. The first-order valence-electron chi connectivity index (χ1n) is 26.1. The third-order valence-corrected chi connectivity index (χ3v) is 14.8. The van der Waals surface area contributed by atoms with E-state index in [4.69, 9.17) is 14.3 Å². The zero-order valence-corrected chi connectivity index (χ0v) is 47.4. The number of nitrogens with zero attached hydrogens (tertiary/aromatic N) is 1. The molecule has 0 unspecified atom stereocenters. The smallest absolute Gasteiger partial charge is 3.00 e. The average molecular weight is 1200 g/mol. The molecule has 0 bridgehead atoms. The number of rotatable bonds is 8. The summed E-state index contributed by atoms with van der Waals surface area (Å²) in [5, 5.41) is 7.62. The van der Waals surface area contributed by atoms with Crippen molar-refractivity contribution in [3.8, 4) is 89.1 Å². The van der Waals surface area contributed by atoms with Gasteiger partial charge in [0.15, 0.2) is 0 Å². The van der Waals surface area contributed by atoms with Gasteiger partial charge in [-0.05, 0) is 113 Å². The van der Waals surface area contributed by atoms with E-state index in [0.29, 0.717) is 0 Å². The topological polar surface area (TPSA) is 52.7 Å². The van der Waals surface area contributed by atoms with Crippen LogP contribution in [0.2, 0.25) is 0 Å². The number of benzene rings is 11. The van der Waals surface area contributed by atoms with E-state index in [1.807, 2.05) is 6.20 Å². The zero-order valence-electron chi connectivity index (χ0n) is 45.0. The summed E-state index contributed by atoms with van der Waals surface area (Å²) >= 11 is 0. The van der Waals surface area contributed by atoms with Crippen LogP contribution >= 0.6 is 0 Å². The molecule has 79 heavy (non-hydrogen) atoms. The SMILES string of the molecule is CC(C)(C)c1c[c-]cc(-c2ccccc2-c2cc(-c3ccccc3-c3c[c-]c(-c4cc(-c5ccc6c7ccccc7c7ccccc7c6c5)ccn4)cc3)cc(-c3ccccc3-c3c[c-]cc(C(C)(C)C)c3)c2)c1.[C-]#[O+].[C-]#[O+].[Ir+3]. The maximum absolute atomic E-state index is 7.50. The van der Waals surface area contributed by atoms with Crippen molar-refractivity contribution in [3.63, 3.8) is 0 Å². The van der Waals surface area contributed by atoms with E-state index >= 15 is 0 Å². The second kappa shape index (κ2) is 23.6. The largest absolute Gasteiger partial charge is 3.00 e. The first-order chi connectivity index (χ1) is 37.9. The number of hydrogen-bond donors (Lipinski definition) is 0. The van der Waals surface area contributed by atoms with Crippen LogP contribution in [-0.4, -0.2) is 4.98 Å². The van der Waals surface area contributed by atoms with E-state index in [-0.39, 0.29) is 30.9 Å². The van der Waals surface area contributed by atoms with E-state index in [9.17, 15) is 0 Å². The third-order valence-electron chi connectivity index (χ3n) is 14.8. The van der Waals surface area contributed by atoms with Gasteiger partial charge in [-0.2, -0.15) is 59.7 Å². The van der Waals surface area contributed by atoms with Crippen LogP contribution in [0.3, 0.4) is 0 Å². The molecule has 0 aliphatic carbocycles. The van der Waals surface area contributed by atoms with Crippen molar-refractivity contribution in [2.24, 2.45) is 0 Å². The summed E-state index contributed by atoms with van der Waals surface area (Å²) in [5.41, 5.74) is 20.4. The quantitative estimate of drug-likeness (QED) is 0.0850. The van der Waals surface area contributed by atoms with Gasteiger partial charge in [-0.25, -0.2) is 0 Å². The van der Waals surface area contributed by atoms with Crippen molar-refractivity contribution in [1.82, 2.24) is 4.98 Å². The first-order valence-corrected chi connectivity index (χ1v) is 26.1. The number of pyridine rings is 1. The predicted molar refractivity (Wildman–Crippen MR) is 322 cm³/mol. The summed E-state index contributed by atoms with van der Waals surface area (Å²) in [5.74, 6) is 0. The summed E-state index contributed by atoms with van der Waals surface area (Å²) in [6.45, 7) is 22.6. The molecule has 0 N–H and O–H groups in total. The second-order valence-electron chi connectivity index (χ2n) is 21.7. The molecule has 0 aliphatic rings. The Morgan fingerprint density at radius 2 is 0.696 bits per heavy atom. The Morgan fingerprint density at radius 3 is 1.11 bits per heavy atom. The predicted octanol–water partition coefficient (Wildman–Crippen LogP) is 19.8. The summed E-state index contributed by atoms with van der Waals surface area (Å²) in [6, 6.07) is 92.6. The molecule has 0 saturated heterocycles. The molecule has 0 saturated carbocycles. The van der Waals surface area contributed by atoms with Gasteiger partial charge in [0.25, 0.3) is 0 Å². The number of aromatic nitrogens is 1. The molecule has 0 atom stereocenters. The van der Waals surface area contributed by atoms with Gasteiger partial charge in [0.2, 0.25) is 0 Å². The maximum Gasteiger partial charge on any atom is 3.00 e.